The van der Waals surface area contributed by atoms with Crippen molar-refractivity contribution in [3.63, 3.8) is 0 Å². The lowest BCUT2D eigenvalue weighted by Crippen LogP contribution is -2.53. The average Bonchev–Trinajstić information content (AvgIpc) is 2.83. The van der Waals surface area contributed by atoms with E-state index >= 15 is 0 Å². The molecule has 0 aliphatic carbocycles. The molecule has 2 rings (SSSR count). The van der Waals surface area contributed by atoms with Crippen LogP contribution >= 0.6 is 11.8 Å². The number of amides is 3. The van der Waals surface area contributed by atoms with Crippen molar-refractivity contribution in [2.75, 3.05) is 30.5 Å². The molecule has 0 saturated carbocycles. The SMILES string of the molecule is CSCCC(NC(=O)OC(C)(C)C)C(=O)N(CCO)C(C(=O)Nc1ccccc1C)c1cc(C)ccc1C. The van der Waals surface area contributed by atoms with Gasteiger partial charge in [0.1, 0.15) is 17.7 Å². The molecule has 0 spiro atoms. The smallest absolute Gasteiger partial charge is 0.408 e. The molecule has 0 fully saturated rings. The molecule has 8 nitrogen and oxygen atoms in total. The van der Waals surface area contributed by atoms with E-state index in [1.165, 1.54) is 4.90 Å². The molecular formula is C29H41N3O5S. The number of benzene rings is 2. The molecule has 2 aromatic rings. The Bertz CT molecular complexity index is 1120. The maximum absolute atomic E-state index is 14.0. The van der Waals surface area contributed by atoms with E-state index in [9.17, 15) is 19.5 Å². The van der Waals surface area contributed by atoms with Crippen molar-refractivity contribution in [2.24, 2.45) is 0 Å². The third-order valence-electron chi connectivity index (χ3n) is 5.92. The maximum Gasteiger partial charge on any atom is 0.408 e. The second-order valence-electron chi connectivity index (χ2n) is 10.3. The first-order valence-electron chi connectivity index (χ1n) is 12.7. The summed E-state index contributed by atoms with van der Waals surface area (Å²) in [5, 5.41) is 15.6. The number of aliphatic hydroxyl groups is 1. The number of anilines is 1. The second-order valence-corrected chi connectivity index (χ2v) is 11.3. The van der Waals surface area contributed by atoms with Gasteiger partial charge in [0, 0.05) is 12.2 Å². The first-order chi connectivity index (χ1) is 17.9. The van der Waals surface area contributed by atoms with Gasteiger partial charge in [0.2, 0.25) is 5.91 Å². The molecule has 0 radical (unpaired) electrons. The van der Waals surface area contributed by atoms with Gasteiger partial charge >= 0.3 is 6.09 Å². The normalized spacial score (nSPS) is 12.8. The standard InChI is InChI=1S/C29H41N3O5S/c1-19-12-13-20(2)22(18-19)25(26(34)30-23-11-9-8-10-21(23)3)32(15-16-33)27(35)24(14-17-38-7)31-28(36)37-29(4,5)6/h8-13,18,24-25,33H,14-17H2,1-7H3,(H,30,34)(H,31,36). The lowest BCUT2D eigenvalue weighted by Gasteiger charge is -2.35. The summed E-state index contributed by atoms with van der Waals surface area (Å²) < 4.78 is 5.40. The molecule has 3 amide bonds. The Labute approximate surface area is 230 Å². The maximum atomic E-state index is 14.0. The van der Waals surface area contributed by atoms with Gasteiger partial charge in [-0.25, -0.2) is 4.79 Å². The van der Waals surface area contributed by atoms with Crippen molar-refractivity contribution in [3.05, 3.63) is 64.7 Å². The van der Waals surface area contributed by atoms with Crippen molar-refractivity contribution in [1.82, 2.24) is 10.2 Å². The summed E-state index contributed by atoms with van der Waals surface area (Å²) in [5.74, 6) is -0.275. The summed E-state index contributed by atoms with van der Waals surface area (Å²) in [7, 11) is 0. The summed E-state index contributed by atoms with van der Waals surface area (Å²) in [6, 6.07) is 11.2. The van der Waals surface area contributed by atoms with E-state index in [1.54, 1.807) is 38.6 Å². The predicted octanol–water partition coefficient (Wildman–Crippen LogP) is 4.76. The van der Waals surface area contributed by atoms with Crippen molar-refractivity contribution in [2.45, 2.75) is 65.6 Å². The summed E-state index contributed by atoms with van der Waals surface area (Å²) in [4.78, 5) is 41.9. The molecule has 0 aliphatic rings. The van der Waals surface area contributed by atoms with E-state index in [0.29, 0.717) is 23.4 Å². The minimum atomic E-state index is -1.04. The van der Waals surface area contributed by atoms with Gasteiger partial charge in [-0.15, -0.1) is 0 Å². The molecule has 2 atom stereocenters. The molecule has 0 heterocycles. The number of carbonyl (C=O) groups excluding carboxylic acids is 3. The van der Waals surface area contributed by atoms with Gasteiger partial charge in [0.05, 0.1) is 6.61 Å². The van der Waals surface area contributed by atoms with Crippen LogP contribution in [-0.2, 0) is 14.3 Å². The van der Waals surface area contributed by atoms with Crippen LogP contribution in [0.15, 0.2) is 42.5 Å². The fraction of sp³-hybridized carbons (Fsp3) is 0.483. The molecule has 208 valence electrons. The van der Waals surface area contributed by atoms with Gasteiger partial charge in [-0.2, -0.15) is 11.8 Å². The summed E-state index contributed by atoms with van der Waals surface area (Å²) in [6.07, 6.45) is 1.53. The monoisotopic (exact) mass is 543 g/mol. The number of thioether (sulfide) groups is 1. The highest BCUT2D eigenvalue weighted by molar-refractivity contribution is 7.98. The second kappa shape index (κ2) is 14.2. The third-order valence-corrected chi connectivity index (χ3v) is 6.56. The number of rotatable bonds is 11. The number of aryl methyl sites for hydroxylation is 3. The van der Waals surface area contributed by atoms with Crippen molar-refractivity contribution in [3.8, 4) is 0 Å². The van der Waals surface area contributed by atoms with Gasteiger partial charge in [-0.3, -0.25) is 9.59 Å². The number of para-hydroxylation sites is 1. The number of alkyl carbamates (subject to hydrolysis) is 1. The molecule has 0 saturated heterocycles. The van der Waals surface area contributed by atoms with Gasteiger partial charge in [-0.1, -0.05) is 42.0 Å². The summed E-state index contributed by atoms with van der Waals surface area (Å²) in [6.45, 7) is 10.5. The first-order valence-corrected chi connectivity index (χ1v) is 14.1. The van der Waals surface area contributed by atoms with Crippen LogP contribution in [0.3, 0.4) is 0 Å². The van der Waals surface area contributed by atoms with Crippen LogP contribution < -0.4 is 10.6 Å². The number of nitrogens with zero attached hydrogens (tertiary/aromatic N) is 1. The zero-order chi connectivity index (χ0) is 28.5. The third kappa shape index (κ3) is 9.06. The molecular weight excluding hydrogens is 502 g/mol. The number of aliphatic hydroxyl groups excluding tert-OH is 1. The van der Waals surface area contributed by atoms with Crippen LogP contribution in [0.4, 0.5) is 10.5 Å². The zero-order valence-electron chi connectivity index (χ0n) is 23.5. The minimum Gasteiger partial charge on any atom is -0.444 e. The highest BCUT2D eigenvalue weighted by atomic mass is 32.2. The Morgan fingerprint density at radius 3 is 2.34 bits per heavy atom. The first kappa shape index (κ1) is 31.2. The van der Waals surface area contributed by atoms with E-state index in [0.717, 1.165) is 16.7 Å². The van der Waals surface area contributed by atoms with E-state index in [-0.39, 0.29) is 13.2 Å². The van der Waals surface area contributed by atoms with E-state index < -0.39 is 35.6 Å². The van der Waals surface area contributed by atoms with Gasteiger partial charge in [-0.05, 0) is 82.7 Å². The number of ether oxygens (including phenoxy) is 1. The van der Waals surface area contributed by atoms with Gasteiger partial charge in [0.15, 0.2) is 0 Å². The Kier molecular flexibility index (Phi) is 11.7. The lowest BCUT2D eigenvalue weighted by atomic mass is 9.95. The highest BCUT2D eigenvalue weighted by Crippen LogP contribution is 2.29. The van der Waals surface area contributed by atoms with Crippen LogP contribution in [0.1, 0.15) is 55.5 Å². The Morgan fingerprint density at radius 1 is 1.05 bits per heavy atom. The van der Waals surface area contributed by atoms with Crippen molar-refractivity contribution < 1.29 is 24.2 Å². The van der Waals surface area contributed by atoms with Crippen LogP contribution in [0.2, 0.25) is 0 Å². The highest BCUT2D eigenvalue weighted by Gasteiger charge is 2.36. The Morgan fingerprint density at radius 2 is 1.74 bits per heavy atom. The number of hydrogen-bond donors (Lipinski definition) is 3. The molecule has 2 aromatic carbocycles. The summed E-state index contributed by atoms with van der Waals surface area (Å²) in [5.41, 5.74) is 3.19. The van der Waals surface area contributed by atoms with Crippen LogP contribution in [0, 0.1) is 20.8 Å². The van der Waals surface area contributed by atoms with Crippen LogP contribution in [0.25, 0.3) is 0 Å². The number of carbonyl (C=O) groups is 3. The van der Waals surface area contributed by atoms with Crippen LogP contribution in [-0.4, -0.2) is 64.7 Å². The van der Waals surface area contributed by atoms with E-state index in [1.807, 2.05) is 63.4 Å². The van der Waals surface area contributed by atoms with Gasteiger partial charge < -0.3 is 25.4 Å². The Hall–Kier alpha value is -3.04. The predicted molar refractivity (Wildman–Crippen MR) is 153 cm³/mol. The largest absolute Gasteiger partial charge is 0.444 e. The Balaban J connectivity index is 2.54. The van der Waals surface area contributed by atoms with Gasteiger partial charge in [0.25, 0.3) is 5.91 Å². The fourth-order valence-electron chi connectivity index (χ4n) is 4.04. The number of nitrogens with one attached hydrogen (secondary N) is 2. The fourth-order valence-corrected chi connectivity index (χ4v) is 4.51. The minimum absolute atomic E-state index is 0.0934. The molecule has 38 heavy (non-hydrogen) atoms. The van der Waals surface area contributed by atoms with E-state index in [4.69, 9.17) is 4.74 Å². The molecule has 0 bridgehead atoms. The number of hydrogen-bond acceptors (Lipinski definition) is 6. The van der Waals surface area contributed by atoms with Crippen molar-refractivity contribution in [1.29, 1.82) is 0 Å². The summed E-state index contributed by atoms with van der Waals surface area (Å²) >= 11 is 1.54. The van der Waals surface area contributed by atoms with Crippen molar-refractivity contribution >= 4 is 35.4 Å². The molecule has 9 heteroatoms. The molecule has 0 aromatic heterocycles. The van der Waals surface area contributed by atoms with E-state index in [2.05, 4.69) is 10.6 Å². The molecule has 3 N–H and O–H groups in total. The zero-order valence-corrected chi connectivity index (χ0v) is 24.3. The lowest BCUT2D eigenvalue weighted by molar-refractivity contribution is -0.141. The van der Waals surface area contributed by atoms with Crippen LogP contribution in [0.5, 0.6) is 0 Å². The quantitative estimate of drug-likeness (QED) is 0.377. The average molecular weight is 544 g/mol. The molecule has 0 aliphatic heterocycles. The molecule has 2 unspecified atom stereocenters. The topological polar surface area (TPSA) is 108 Å².